The number of nitrogen functional groups attached to an aromatic ring is 1. The van der Waals surface area contributed by atoms with E-state index in [-0.39, 0.29) is 12.1 Å². The fourth-order valence-corrected chi connectivity index (χ4v) is 2.60. The van der Waals surface area contributed by atoms with Crippen molar-refractivity contribution < 1.29 is 9.53 Å². The predicted octanol–water partition coefficient (Wildman–Crippen LogP) is 1.59. The lowest BCUT2D eigenvalue weighted by atomic mass is 10.2. The lowest BCUT2D eigenvalue weighted by Crippen LogP contribution is -2.35. The van der Waals surface area contributed by atoms with Gasteiger partial charge in [-0.15, -0.1) is 0 Å². The quantitative estimate of drug-likeness (QED) is 0.859. The minimum atomic E-state index is -0.488. The van der Waals surface area contributed by atoms with Crippen molar-refractivity contribution >= 4 is 23.1 Å². The van der Waals surface area contributed by atoms with Crippen LogP contribution < -0.4 is 5.73 Å². The van der Waals surface area contributed by atoms with Gasteiger partial charge < -0.3 is 19.9 Å². The lowest BCUT2D eigenvalue weighted by molar-refractivity contribution is 0.0289. The van der Waals surface area contributed by atoms with E-state index in [1.807, 2.05) is 25.3 Å². The summed E-state index contributed by atoms with van der Waals surface area (Å²) >= 11 is 0. The SMILES string of the molecule is CC(C)(C)OC(=O)N1CC[C@@H](n2cnc3c(N)ncnc32)C1. The third-order valence-electron chi connectivity index (χ3n) is 3.60. The molecule has 1 amide bonds. The number of carbonyl (C=O) groups excluding carboxylic acids is 1. The molecule has 8 nitrogen and oxygen atoms in total. The summed E-state index contributed by atoms with van der Waals surface area (Å²) < 4.78 is 7.37. The van der Waals surface area contributed by atoms with Gasteiger partial charge in [-0.05, 0) is 27.2 Å². The van der Waals surface area contributed by atoms with E-state index in [9.17, 15) is 4.79 Å². The summed E-state index contributed by atoms with van der Waals surface area (Å²) in [6, 6.07) is 0.117. The Labute approximate surface area is 128 Å². The van der Waals surface area contributed by atoms with E-state index in [1.165, 1.54) is 6.33 Å². The first-order chi connectivity index (χ1) is 10.3. The molecule has 8 heteroatoms. The minimum Gasteiger partial charge on any atom is -0.444 e. The van der Waals surface area contributed by atoms with Crippen LogP contribution in [0.15, 0.2) is 12.7 Å². The molecule has 3 rings (SSSR count). The number of ether oxygens (including phenoxy) is 1. The molecule has 22 heavy (non-hydrogen) atoms. The van der Waals surface area contributed by atoms with Gasteiger partial charge in [0.05, 0.1) is 12.4 Å². The van der Waals surface area contributed by atoms with Gasteiger partial charge >= 0.3 is 6.09 Å². The highest BCUT2D eigenvalue weighted by Crippen LogP contribution is 2.27. The van der Waals surface area contributed by atoms with Crippen LogP contribution in [0.1, 0.15) is 33.2 Å². The molecule has 1 aliphatic rings. The third-order valence-corrected chi connectivity index (χ3v) is 3.60. The summed E-state index contributed by atoms with van der Waals surface area (Å²) in [5.41, 5.74) is 6.61. The maximum Gasteiger partial charge on any atom is 0.410 e. The van der Waals surface area contributed by atoms with Crippen molar-refractivity contribution in [1.29, 1.82) is 0 Å². The molecule has 0 spiro atoms. The number of aromatic nitrogens is 4. The van der Waals surface area contributed by atoms with E-state index in [1.54, 1.807) is 11.2 Å². The molecule has 2 aromatic heterocycles. The molecule has 0 bridgehead atoms. The molecule has 118 valence electrons. The summed E-state index contributed by atoms with van der Waals surface area (Å²) in [5, 5.41) is 0. The molecule has 3 heterocycles. The first-order valence-electron chi connectivity index (χ1n) is 7.26. The van der Waals surface area contributed by atoms with Crippen molar-refractivity contribution in [3.05, 3.63) is 12.7 Å². The molecular weight excluding hydrogens is 284 g/mol. The van der Waals surface area contributed by atoms with Crippen LogP contribution in [0, 0.1) is 0 Å². The Morgan fingerprint density at radius 2 is 2.14 bits per heavy atom. The van der Waals surface area contributed by atoms with Crippen LogP contribution in [-0.2, 0) is 4.74 Å². The summed E-state index contributed by atoms with van der Waals surface area (Å²) in [6.45, 7) is 6.81. The molecular formula is C14H20N6O2. The van der Waals surface area contributed by atoms with Crippen LogP contribution in [0.4, 0.5) is 10.6 Å². The number of nitrogens with zero attached hydrogens (tertiary/aromatic N) is 5. The number of imidazole rings is 1. The van der Waals surface area contributed by atoms with Gasteiger partial charge in [0, 0.05) is 13.1 Å². The second kappa shape index (κ2) is 5.11. The largest absolute Gasteiger partial charge is 0.444 e. The fraction of sp³-hybridized carbons (Fsp3) is 0.571. The van der Waals surface area contributed by atoms with Crippen molar-refractivity contribution in [1.82, 2.24) is 24.4 Å². The Hall–Kier alpha value is -2.38. The first kappa shape index (κ1) is 14.6. The fourth-order valence-electron chi connectivity index (χ4n) is 2.60. The minimum absolute atomic E-state index is 0.117. The third kappa shape index (κ3) is 2.68. The monoisotopic (exact) mass is 304 g/mol. The van der Waals surface area contributed by atoms with Gasteiger partial charge in [0.25, 0.3) is 0 Å². The number of amides is 1. The molecule has 1 saturated heterocycles. The Kier molecular flexibility index (Phi) is 3.38. The number of hydrogen-bond donors (Lipinski definition) is 1. The predicted molar refractivity (Wildman–Crippen MR) is 81.2 cm³/mol. The highest BCUT2D eigenvalue weighted by Gasteiger charge is 2.31. The average Bonchev–Trinajstić information content (AvgIpc) is 3.03. The van der Waals surface area contributed by atoms with Gasteiger partial charge in [-0.25, -0.2) is 19.7 Å². The van der Waals surface area contributed by atoms with Gasteiger partial charge in [0.1, 0.15) is 17.4 Å². The molecule has 2 N–H and O–H groups in total. The van der Waals surface area contributed by atoms with Crippen molar-refractivity contribution in [2.45, 2.75) is 38.8 Å². The lowest BCUT2D eigenvalue weighted by Gasteiger charge is -2.24. The van der Waals surface area contributed by atoms with E-state index in [4.69, 9.17) is 10.5 Å². The topological polar surface area (TPSA) is 99.2 Å². The van der Waals surface area contributed by atoms with Crippen LogP contribution >= 0.6 is 0 Å². The van der Waals surface area contributed by atoms with Gasteiger partial charge in [0.15, 0.2) is 11.5 Å². The Balaban J connectivity index is 1.77. The number of likely N-dealkylation sites (tertiary alicyclic amines) is 1. The maximum atomic E-state index is 12.1. The zero-order valence-corrected chi connectivity index (χ0v) is 13.0. The smallest absolute Gasteiger partial charge is 0.410 e. The molecule has 1 fully saturated rings. The molecule has 0 radical (unpaired) electrons. The van der Waals surface area contributed by atoms with Gasteiger partial charge in [-0.2, -0.15) is 0 Å². The van der Waals surface area contributed by atoms with Crippen LogP contribution in [0.5, 0.6) is 0 Å². The number of rotatable bonds is 1. The van der Waals surface area contributed by atoms with Crippen LogP contribution in [-0.4, -0.2) is 49.2 Å². The first-order valence-corrected chi connectivity index (χ1v) is 7.26. The Bertz CT molecular complexity index is 705. The number of carbonyl (C=O) groups is 1. The molecule has 1 atom stereocenters. The number of hydrogen-bond acceptors (Lipinski definition) is 6. The second-order valence-corrected chi connectivity index (χ2v) is 6.45. The number of nitrogens with two attached hydrogens (primary N) is 1. The summed E-state index contributed by atoms with van der Waals surface area (Å²) in [6.07, 6.45) is 3.68. The van der Waals surface area contributed by atoms with Crippen molar-refractivity contribution in [2.24, 2.45) is 0 Å². The van der Waals surface area contributed by atoms with Crippen molar-refractivity contribution in [3.63, 3.8) is 0 Å². The Morgan fingerprint density at radius 1 is 1.36 bits per heavy atom. The van der Waals surface area contributed by atoms with Gasteiger partial charge in [-0.1, -0.05) is 0 Å². The van der Waals surface area contributed by atoms with E-state index >= 15 is 0 Å². The van der Waals surface area contributed by atoms with E-state index in [2.05, 4.69) is 15.0 Å². The van der Waals surface area contributed by atoms with Gasteiger partial charge in [0.2, 0.25) is 0 Å². The van der Waals surface area contributed by atoms with E-state index in [0.717, 1.165) is 6.42 Å². The molecule has 1 aliphatic heterocycles. The summed E-state index contributed by atoms with van der Waals surface area (Å²) in [5.74, 6) is 0.366. The van der Waals surface area contributed by atoms with Crippen LogP contribution in [0.3, 0.4) is 0 Å². The number of anilines is 1. The summed E-state index contributed by atoms with van der Waals surface area (Å²) in [7, 11) is 0. The Morgan fingerprint density at radius 3 is 2.86 bits per heavy atom. The number of fused-ring (bicyclic) bond motifs is 1. The molecule has 2 aromatic rings. The molecule has 0 saturated carbocycles. The zero-order chi connectivity index (χ0) is 15.9. The van der Waals surface area contributed by atoms with Gasteiger partial charge in [-0.3, -0.25) is 0 Å². The van der Waals surface area contributed by atoms with E-state index in [0.29, 0.717) is 30.1 Å². The van der Waals surface area contributed by atoms with Crippen molar-refractivity contribution in [3.8, 4) is 0 Å². The standard InChI is InChI=1S/C14H20N6O2/c1-14(2,3)22-13(21)19-5-4-9(6-19)20-8-18-10-11(15)16-7-17-12(10)20/h7-9H,4-6H2,1-3H3,(H2,15,16,17)/t9-/m1/s1. The van der Waals surface area contributed by atoms with E-state index < -0.39 is 5.60 Å². The average molecular weight is 304 g/mol. The second-order valence-electron chi connectivity index (χ2n) is 6.45. The van der Waals surface area contributed by atoms with Crippen molar-refractivity contribution in [2.75, 3.05) is 18.8 Å². The molecule has 0 aromatic carbocycles. The zero-order valence-electron chi connectivity index (χ0n) is 13.0. The summed E-state index contributed by atoms with van der Waals surface area (Å²) in [4.78, 5) is 26.3. The van der Waals surface area contributed by atoms with Crippen LogP contribution in [0.2, 0.25) is 0 Å². The molecule has 0 aliphatic carbocycles. The maximum absolute atomic E-state index is 12.1. The highest BCUT2D eigenvalue weighted by atomic mass is 16.6. The normalized spacial score (nSPS) is 18.9. The molecule has 0 unspecified atom stereocenters. The highest BCUT2D eigenvalue weighted by molar-refractivity contribution is 5.81. The van der Waals surface area contributed by atoms with Crippen LogP contribution in [0.25, 0.3) is 11.2 Å².